The number of rotatable bonds is 3. The Hall–Kier alpha value is -2.43. The first-order chi connectivity index (χ1) is 11.4. The number of hydrogen-bond donors (Lipinski definition) is 4. The highest BCUT2D eigenvalue weighted by molar-refractivity contribution is 5.85. The maximum absolute atomic E-state index is 13.8. The fourth-order valence-electron chi connectivity index (χ4n) is 2.59. The molecule has 0 amide bonds. The summed E-state index contributed by atoms with van der Waals surface area (Å²) in [5.74, 6) is 3.21. The van der Waals surface area contributed by atoms with Gasteiger partial charge in [0.1, 0.15) is 5.82 Å². The van der Waals surface area contributed by atoms with Crippen LogP contribution in [-0.2, 0) is 0 Å². The van der Waals surface area contributed by atoms with Crippen LogP contribution in [0.1, 0.15) is 24.8 Å². The van der Waals surface area contributed by atoms with E-state index >= 15 is 0 Å². The van der Waals surface area contributed by atoms with Gasteiger partial charge in [-0.3, -0.25) is 4.99 Å². The molecule has 0 heterocycles. The number of nitrogen functional groups attached to an aromatic ring is 1. The van der Waals surface area contributed by atoms with E-state index in [0.29, 0.717) is 12.8 Å². The summed E-state index contributed by atoms with van der Waals surface area (Å²) in [7, 11) is 0. The SMILES string of the molecule is N/C=C(C#Cc1c(F)ccc(N)c1F)\C=N\C1CCCC1(O)CN. The first-order valence-corrected chi connectivity index (χ1v) is 7.54. The van der Waals surface area contributed by atoms with E-state index in [9.17, 15) is 13.9 Å². The quantitative estimate of drug-likeness (QED) is 0.376. The van der Waals surface area contributed by atoms with Crippen LogP contribution in [0.15, 0.2) is 28.9 Å². The van der Waals surface area contributed by atoms with E-state index in [4.69, 9.17) is 17.2 Å². The normalized spacial score (nSPS) is 24.2. The fourth-order valence-corrected chi connectivity index (χ4v) is 2.59. The van der Waals surface area contributed by atoms with Gasteiger partial charge in [-0.05, 0) is 31.4 Å². The van der Waals surface area contributed by atoms with Gasteiger partial charge in [-0.2, -0.15) is 0 Å². The Morgan fingerprint density at radius 2 is 2.21 bits per heavy atom. The molecule has 1 aliphatic carbocycles. The summed E-state index contributed by atoms with van der Waals surface area (Å²) in [6.45, 7) is 0.113. The van der Waals surface area contributed by atoms with Crippen molar-refractivity contribution in [2.24, 2.45) is 16.5 Å². The van der Waals surface area contributed by atoms with E-state index in [-0.39, 0.29) is 23.8 Å². The van der Waals surface area contributed by atoms with Crippen LogP contribution < -0.4 is 17.2 Å². The van der Waals surface area contributed by atoms with Crippen LogP contribution in [0.2, 0.25) is 0 Å². The summed E-state index contributed by atoms with van der Waals surface area (Å²) in [4.78, 5) is 4.28. The first-order valence-electron chi connectivity index (χ1n) is 7.54. The molecule has 1 aliphatic rings. The number of aliphatic imine (C=N–C) groups is 1. The highest BCUT2D eigenvalue weighted by Gasteiger charge is 2.39. The van der Waals surface area contributed by atoms with Crippen LogP contribution >= 0.6 is 0 Å². The summed E-state index contributed by atoms with van der Waals surface area (Å²) >= 11 is 0. The van der Waals surface area contributed by atoms with Gasteiger partial charge in [0.05, 0.1) is 28.5 Å². The Labute approximate surface area is 139 Å². The molecule has 0 spiro atoms. The van der Waals surface area contributed by atoms with E-state index in [0.717, 1.165) is 18.6 Å². The molecule has 128 valence electrons. The Bertz CT molecular complexity index is 736. The van der Waals surface area contributed by atoms with Gasteiger partial charge in [-0.25, -0.2) is 8.78 Å². The lowest BCUT2D eigenvalue weighted by Gasteiger charge is -2.25. The van der Waals surface area contributed by atoms with Crippen molar-refractivity contribution in [1.29, 1.82) is 0 Å². The summed E-state index contributed by atoms with van der Waals surface area (Å²) in [6, 6.07) is 1.83. The van der Waals surface area contributed by atoms with Crippen molar-refractivity contribution in [3.63, 3.8) is 0 Å². The minimum absolute atomic E-state index is 0.113. The Morgan fingerprint density at radius 3 is 2.88 bits per heavy atom. The maximum atomic E-state index is 13.8. The third kappa shape index (κ3) is 3.72. The van der Waals surface area contributed by atoms with Gasteiger partial charge in [0.2, 0.25) is 0 Å². The van der Waals surface area contributed by atoms with Gasteiger partial charge in [0.15, 0.2) is 5.82 Å². The number of nitrogens with zero attached hydrogens (tertiary/aromatic N) is 1. The molecule has 2 unspecified atom stereocenters. The molecule has 0 aliphatic heterocycles. The highest BCUT2D eigenvalue weighted by Crippen LogP contribution is 2.31. The molecule has 1 aromatic rings. The highest BCUT2D eigenvalue weighted by atomic mass is 19.1. The lowest BCUT2D eigenvalue weighted by Crippen LogP contribution is -2.43. The Kier molecular flexibility index (Phi) is 5.54. The van der Waals surface area contributed by atoms with E-state index in [1.165, 1.54) is 12.4 Å². The number of nitrogens with two attached hydrogens (primary N) is 3. The molecule has 0 bridgehead atoms. The van der Waals surface area contributed by atoms with Gasteiger partial charge >= 0.3 is 0 Å². The second kappa shape index (κ2) is 7.43. The Balaban J connectivity index is 2.21. The van der Waals surface area contributed by atoms with Gasteiger partial charge < -0.3 is 22.3 Å². The standard InChI is InChI=1S/C17H20F2N4O/c18-13-5-6-14(22)16(19)12(13)4-3-11(8-20)9-23-15-2-1-7-17(15,24)10-21/h5-6,8-9,15,24H,1-2,7,10,20-22H2/b11-8-,23-9+. The third-order valence-corrected chi connectivity index (χ3v) is 4.09. The number of halogens is 2. The molecule has 24 heavy (non-hydrogen) atoms. The van der Waals surface area contributed by atoms with Gasteiger partial charge in [-0.1, -0.05) is 11.8 Å². The van der Waals surface area contributed by atoms with Crippen molar-refractivity contribution in [3.8, 4) is 11.8 Å². The van der Waals surface area contributed by atoms with Gasteiger partial charge in [-0.15, -0.1) is 0 Å². The zero-order chi connectivity index (χ0) is 17.7. The van der Waals surface area contributed by atoms with Crippen LogP contribution in [0, 0.1) is 23.5 Å². The molecule has 2 atom stereocenters. The molecular weight excluding hydrogens is 314 g/mol. The molecule has 2 rings (SSSR count). The second-order valence-electron chi connectivity index (χ2n) is 5.69. The minimum atomic E-state index is -1.03. The fraction of sp³-hybridized carbons (Fsp3) is 0.353. The van der Waals surface area contributed by atoms with Crippen molar-refractivity contribution in [2.45, 2.75) is 30.9 Å². The lowest BCUT2D eigenvalue weighted by molar-refractivity contribution is 0.0421. The predicted molar refractivity (Wildman–Crippen MR) is 90.1 cm³/mol. The predicted octanol–water partition coefficient (Wildman–Crippen LogP) is 1.05. The van der Waals surface area contributed by atoms with Crippen LogP contribution in [0.3, 0.4) is 0 Å². The molecule has 5 nitrogen and oxygen atoms in total. The summed E-state index contributed by atoms with van der Waals surface area (Å²) in [6.07, 6.45) is 4.66. The maximum Gasteiger partial charge on any atom is 0.164 e. The van der Waals surface area contributed by atoms with Crippen LogP contribution in [0.5, 0.6) is 0 Å². The molecule has 1 fully saturated rings. The number of anilines is 1. The zero-order valence-electron chi connectivity index (χ0n) is 13.1. The van der Waals surface area contributed by atoms with E-state index in [2.05, 4.69) is 16.8 Å². The van der Waals surface area contributed by atoms with Crippen molar-refractivity contribution >= 4 is 11.9 Å². The summed E-state index contributed by atoms with van der Waals surface area (Å²) in [5, 5.41) is 10.3. The van der Waals surface area contributed by atoms with Gasteiger partial charge in [0.25, 0.3) is 0 Å². The summed E-state index contributed by atoms with van der Waals surface area (Å²) in [5.41, 5.74) is 15.1. The molecule has 0 saturated heterocycles. The number of benzene rings is 1. The van der Waals surface area contributed by atoms with Crippen LogP contribution in [0.25, 0.3) is 0 Å². The van der Waals surface area contributed by atoms with E-state index in [1.54, 1.807) is 0 Å². The van der Waals surface area contributed by atoms with E-state index < -0.39 is 22.8 Å². The van der Waals surface area contributed by atoms with Gasteiger partial charge in [0, 0.05) is 19.0 Å². The molecule has 7 heteroatoms. The number of allylic oxidation sites excluding steroid dienone is 1. The average molecular weight is 334 g/mol. The number of hydrogen-bond acceptors (Lipinski definition) is 5. The minimum Gasteiger partial charge on any atom is -0.404 e. The molecule has 0 radical (unpaired) electrons. The van der Waals surface area contributed by atoms with Crippen LogP contribution in [0.4, 0.5) is 14.5 Å². The first kappa shape index (κ1) is 17.9. The van der Waals surface area contributed by atoms with Crippen molar-refractivity contribution < 1.29 is 13.9 Å². The molecular formula is C17H20F2N4O. The van der Waals surface area contributed by atoms with Crippen molar-refractivity contribution in [3.05, 3.63) is 41.1 Å². The Morgan fingerprint density at radius 1 is 1.46 bits per heavy atom. The monoisotopic (exact) mass is 334 g/mol. The molecule has 1 saturated carbocycles. The molecule has 7 N–H and O–H groups in total. The second-order valence-corrected chi connectivity index (χ2v) is 5.69. The third-order valence-electron chi connectivity index (χ3n) is 4.09. The average Bonchev–Trinajstić information content (AvgIpc) is 2.95. The smallest absolute Gasteiger partial charge is 0.164 e. The summed E-state index contributed by atoms with van der Waals surface area (Å²) < 4.78 is 27.4. The lowest BCUT2D eigenvalue weighted by atomic mass is 9.98. The van der Waals surface area contributed by atoms with E-state index in [1.807, 2.05) is 0 Å². The topological polar surface area (TPSA) is 111 Å². The number of aliphatic hydroxyl groups is 1. The largest absolute Gasteiger partial charge is 0.404 e. The van der Waals surface area contributed by atoms with Crippen molar-refractivity contribution in [1.82, 2.24) is 0 Å². The van der Waals surface area contributed by atoms with Crippen LogP contribution in [-0.4, -0.2) is 29.5 Å². The zero-order valence-corrected chi connectivity index (χ0v) is 13.1. The van der Waals surface area contributed by atoms with Crippen molar-refractivity contribution in [2.75, 3.05) is 12.3 Å². The molecule has 1 aromatic carbocycles. The molecule has 0 aromatic heterocycles.